The van der Waals surface area contributed by atoms with Crippen molar-refractivity contribution in [1.82, 2.24) is 9.97 Å². The van der Waals surface area contributed by atoms with Gasteiger partial charge in [-0.05, 0) is 55.5 Å². The molecular weight excluding hydrogens is 390 g/mol. The van der Waals surface area contributed by atoms with Crippen LogP contribution in [0.4, 0.5) is 23.0 Å². The van der Waals surface area contributed by atoms with E-state index in [-0.39, 0.29) is 5.91 Å². The van der Waals surface area contributed by atoms with E-state index in [0.29, 0.717) is 11.6 Å². The molecule has 2 N–H and O–H groups in total. The number of morpholine rings is 1. The smallest absolute Gasteiger partial charge is 0.248 e. The first-order chi connectivity index (χ1) is 15.2. The number of rotatable bonds is 6. The maximum absolute atomic E-state index is 11.8. The summed E-state index contributed by atoms with van der Waals surface area (Å²) < 4.78 is 5.41. The molecule has 7 nitrogen and oxygen atoms in total. The van der Waals surface area contributed by atoms with E-state index in [1.54, 1.807) is 12.3 Å². The number of ether oxygens (including phenoxy) is 1. The number of carbonyl (C=O) groups excluding carboxylic acids is 1. The molecule has 1 aliphatic heterocycles. The van der Waals surface area contributed by atoms with Crippen LogP contribution in [0.3, 0.4) is 0 Å². The van der Waals surface area contributed by atoms with Crippen molar-refractivity contribution in [3.63, 3.8) is 0 Å². The van der Waals surface area contributed by atoms with Gasteiger partial charge < -0.3 is 20.3 Å². The Labute approximate surface area is 181 Å². The first-order valence-electron chi connectivity index (χ1n) is 10.3. The van der Waals surface area contributed by atoms with E-state index in [2.05, 4.69) is 37.6 Å². The molecule has 2 aromatic carbocycles. The van der Waals surface area contributed by atoms with E-state index in [1.807, 2.05) is 49.4 Å². The van der Waals surface area contributed by atoms with Crippen LogP contribution >= 0.6 is 0 Å². The van der Waals surface area contributed by atoms with Crippen LogP contribution in [-0.2, 0) is 9.53 Å². The van der Waals surface area contributed by atoms with Gasteiger partial charge in [-0.1, -0.05) is 18.2 Å². The molecule has 0 saturated carbocycles. The van der Waals surface area contributed by atoms with Gasteiger partial charge >= 0.3 is 0 Å². The summed E-state index contributed by atoms with van der Waals surface area (Å²) in [5.74, 6) is 0.352. The summed E-state index contributed by atoms with van der Waals surface area (Å²) in [5, 5.41) is 6.11. The van der Waals surface area contributed by atoms with E-state index in [4.69, 9.17) is 4.74 Å². The Morgan fingerprint density at radius 1 is 1.06 bits per heavy atom. The molecule has 4 rings (SSSR count). The van der Waals surface area contributed by atoms with Gasteiger partial charge in [0, 0.05) is 41.9 Å². The van der Waals surface area contributed by atoms with E-state index >= 15 is 0 Å². The number of aromatic nitrogens is 2. The summed E-state index contributed by atoms with van der Waals surface area (Å²) >= 11 is 0. The van der Waals surface area contributed by atoms with Crippen molar-refractivity contribution < 1.29 is 9.53 Å². The topological polar surface area (TPSA) is 79.4 Å². The van der Waals surface area contributed by atoms with Gasteiger partial charge in [-0.15, -0.1) is 0 Å². The van der Waals surface area contributed by atoms with Gasteiger partial charge in [0.1, 0.15) is 0 Å². The van der Waals surface area contributed by atoms with Crippen molar-refractivity contribution in [2.75, 3.05) is 41.8 Å². The van der Waals surface area contributed by atoms with Crippen molar-refractivity contribution >= 4 is 28.9 Å². The van der Waals surface area contributed by atoms with E-state index in [1.165, 1.54) is 11.8 Å². The molecule has 31 heavy (non-hydrogen) atoms. The summed E-state index contributed by atoms with van der Waals surface area (Å²) in [5.41, 5.74) is 4.48. The lowest BCUT2D eigenvalue weighted by atomic mass is 10.1. The average molecular weight is 415 g/mol. The minimum atomic E-state index is -0.162. The first-order valence-corrected chi connectivity index (χ1v) is 10.3. The minimum Gasteiger partial charge on any atom is -0.378 e. The van der Waals surface area contributed by atoms with Gasteiger partial charge in [0.25, 0.3) is 0 Å². The second kappa shape index (κ2) is 9.86. The Balaban J connectivity index is 1.47. The van der Waals surface area contributed by atoms with Crippen LogP contribution in [0, 0.1) is 0 Å². The predicted molar refractivity (Wildman–Crippen MR) is 124 cm³/mol. The fraction of sp³-hybridized carbons (Fsp3) is 0.208. The molecule has 0 atom stereocenters. The Bertz CT molecular complexity index is 1060. The third-order valence-corrected chi connectivity index (χ3v) is 4.90. The molecule has 158 valence electrons. The number of hydrogen-bond donors (Lipinski definition) is 2. The second-order valence-corrected chi connectivity index (χ2v) is 7.11. The van der Waals surface area contributed by atoms with Crippen LogP contribution in [0.1, 0.15) is 6.92 Å². The molecule has 0 bridgehead atoms. The van der Waals surface area contributed by atoms with Gasteiger partial charge in [0.2, 0.25) is 11.9 Å². The van der Waals surface area contributed by atoms with Gasteiger partial charge in [-0.2, -0.15) is 0 Å². The second-order valence-electron chi connectivity index (χ2n) is 7.11. The Kier molecular flexibility index (Phi) is 6.54. The monoisotopic (exact) mass is 415 g/mol. The lowest BCUT2D eigenvalue weighted by molar-refractivity contribution is -0.111. The zero-order valence-electron chi connectivity index (χ0n) is 17.4. The number of anilines is 4. The standard InChI is InChI=1S/C24H25N5O2/c1-2-4-23(30)26-20-6-3-5-18(17-20)22-11-12-25-24(28-22)27-19-7-9-21(10-8-19)29-13-15-31-16-14-29/h2-12,17H,13-16H2,1H3,(H,26,30)(H,25,27,28)/b4-2+. The maximum atomic E-state index is 11.8. The summed E-state index contributed by atoms with van der Waals surface area (Å²) in [7, 11) is 0. The Morgan fingerprint density at radius 3 is 2.65 bits per heavy atom. The number of nitrogens with zero attached hydrogens (tertiary/aromatic N) is 3. The summed E-state index contributed by atoms with van der Waals surface area (Å²) in [6, 6.07) is 17.7. The number of allylic oxidation sites excluding steroid dienone is 1. The highest BCUT2D eigenvalue weighted by Gasteiger charge is 2.11. The molecule has 1 saturated heterocycles. The van der Waals surface area contributed by atoms with Crippen LogP contribution in [0.15, 0.2) is 72.9 Å². The molecule has 3 aromatic rings. The van der Waals surface area contributed by atoms with E-state index in [9.17, 15) is 4.79 Å². The summed E-state index contributed by atoms with van der Waals surface area (Å²) in [6.07, 6.45) is 4.91. The molecule has 0 aliphatic carbocycles. The molecule has 7 heteroatoms. The number of amides is 1. The van der Waals surface area contributed by atoms with Gasteiger partial charge in [-0.3, -0.25) is 4.79 Å². The highest BCUT2D eigenvalue weighted by molar-refractivity contribution is 5.99. The zero-order chi connectivity index (χ0) is 21.5. The highest BCUT2D eigenvalue weighted by atomic mass is 16.5. The normalized spacial score (nSPS) is 13.9. The minimum absolute atomic E-state index is 0.162. The van der Waals surface area contributed by atoms with Crippen LogP contribution < -0.4 is 15.5 Å². The van der Waals surface area contributed by atoms with Crippen molar-refractivity contribution in [3.05, 3.63) is 72.9 Å². The Morgan fingerprint density at radius 2 is 1.87 bits per heavy atom. The van der Waals surface area contributed by atoms with Crippen LogP contribution in [0.25, 0.3) is 11.3 Å². The molecule has 2 heterocycles. The van der Waals surface area contributed by atoms with Crippen LogP contribution in [0.2, 0.25) is 0 Å². The Hall–Kier alpha value is -3.71. The lowest BCUT2D eigenvalue weighted by Gasteiger charge is -2.28. The summed E-state index contributed by atoms with van der Waals surface area (Å²) in [6.45, 7) is 5.15. The molecule has 0 radical (unpaired) electrons. The van der Waals surface area contributed by atoms with E-state index < -0.39 is 0 Å². The number of carbonyl (C=O) groups is 1. The highest BCUT2D eigenvalue weighted by Crippen LogP contribution is 2.24. The third-order valence-electron chi connectivity index (χ3n) is 4.90. The van der Waals surface area contributed by atoms with Gasteiger partial charge in [0.05, 0.1) is 18.9 Å². The molecule has 1 fully saturated rings. The number of nitrogens with one attached hydrogen (secondary N) is 2. The summed E-state index contributed by atoms with van der Waals surface area (Å²) in [4.78, 5) is 23.1. The molecule has 0 unspecified atom stereocenters. The van der Waals surface area contributed by atoms with Crippen LogP contribution in [0.5, 0.6) is 0 Å². The van der Waals surface area contributed by atoms with Crippen LogP contribution in [-0.4, -0.2) is 42.2 Å². The fourth-order valence-electron chi connectivity index (χ4n) is 3.38. The molecule has 0 spiro atoms. The third kappa shape index (κ3) is 5.46. The number of hydrogen-bond acceptors (Lipinski definition) is 6. The molecule has 1 amide bonds. The largest absolute Gasteiger partial charge is 0.378 e. The molecular formula is C24H25N5O2. The lowest BCUT2D eigenvalue weighted by Crippen LogP contribution is -2.36. The van der Waals surface area contributed by atoms with Crippen molar-refractivity contribution in [2.45, 2.75) is 6.92 Å². The maximum Gasteiger partial charge on any atom is 0.248 e. The SMILES string of the molecule is C/C=C/C(=O)Nc1cccc(-c2ccnc(Nc3ccc(N4CCOCC4)cc3)n2)c1. The number of benzene rings is 2. The van der Waals surface area contributed by atoms with E-state index in [0.717, 1.165) is 43.2 Å². The predicted octanol–water partition coefficient (Wildman–Crippen LogP) is 4.24. The zero-order valence-corrected chi connectivity index (χ0v) is 17.4. The van der Waals surface area contributed by atoms with Crippen molar-refractivity contribution in [3.8, 4) is 11.3 Å². The first kappa shape index (κ1) is 20.6. The fourth-order valence-corrected chi connectivity index (χ4v) is 3.38. The molecule has 1 aliphatic rings. The van der Waals surface area contributed by atoms with Gasteiger partial charge in [0.15, 0.2) is 0 Å². The molecule has 1 aromatic heterocycles. The van der Waals surface area contributed by atoms with Crippen molar-refractivity contribution in [2.24, 2.45) is 0 Å². The quantitative estimate of drug-likeness (QED) is 0.587. The van der Waals surface area contributed by atoms with Crippen molar-refractivity contribution in [1.29, 1.82) is 0 Å². The van der Waals surface area contributed by atoms with Gasteiger partial charge in [-0.25, -0.2) is 9.97 Å². The average Bonchev–Trinajstić information content (AvgIpc) is 2.81.